The van der Waals surface area contributed by atoms with Crippen LogP contribution in [0, 0.1) is 5.41 Å². The van der Waals surface area contributed by atoms with E-state index in [0.29, 0.717) is 0 Å². The summed E-state index contributed by atoms with van der Waals surface area (Å²) in [5.74, 6) is 0.0843. The molecule has 1 unspecified atom stereocenters. The monoisotopic (exact) mass is 261 g/mol. The largest absolute Gasteiger partial charge is 0.348 e. The van der Waals surface area contributed by atoms with Crippen molar-refractivity contribution >= 4 is 5.91 Å². The number of piperidine rings is 1. The highest BCUT2D eigenvalue weighted by molar-refractivity contribution is 5.83. The van der Waals surface area contributed by atoms with Crippen LogP contribution in [0.2, 0.25) is 0 Å². The maximum Gasteiger partial charge on any atom is 0.238 e. The number of rotatable bonds is 3. The zero-order chi connectivity index (χ0) is 13.9. The molecule has 0 aromatic carbocycles. The van der Waals surface area contributed by atoms with E-state index in [1.54, 1.807) is 12.4 Å². The predicted octanol–water partition coefficient (Wildman–Crippen LogP) is 2.04. The van der Waals surface area contributed by atoms with Gasteiger partial charge in [0, 0.05) is 12.4 Å². The average Bonchev–Trinajstić information content (AvgIpc) is 2.39. The first-order valence-corrected chi connectivity index (χ1v) is 6.94. The van der Waals surface area contributed by atoms with Crippen LogP contribution in [0.5, 0.6) is 0 Å². The van der Waals surface area contributed by atoms with Crippen molar-refractivity contribution in [2.24, 2.45) is 5.41 Å². The van der Waals surface area contributed by atoms with Gasteiger partial charge in [-0.15, -0.1) is 0 Å². The van der Waals surface area contributed by atoms with E-state index in [-0.39, 0.29) is 23.4 Å². The minimum Gasteiger partial charge on any atom is -0.348 e. The third kappa shape index (κ3) is 3.32. The van der Waals surface area contributed by atoms with Crippen LogP contribution in [0.15, 0.2) is 24.5 Å². The van der Waals surface area contributed by atoms with Crippen molar-refractivity contribution in [2.45, 2.75) is 45.7 Å². The second-order valence-electron chi connectivity index (χ2n) is 6.00. The summed E-state index contributed by atoms with van der Waals surface area (Å²) in [4.78, 5) is 16.5. The average molecular weight is 261 g/mol. The summed E-state index contributed by atoms with van der Waals surface area (Å²) in [7, 11) is 0. The number of amides is 1. The Bertz CT molecular complexity index is 430. The highest BCUT2D eigenvalue weighted by Crippen LogP contribution is 2.30. The molecule has 2 heterocycles. The van der Waals surface area contributed by atoms with Crippen molar-refractivity contribution in [3.05, 3.63) is 30.1 Å². The third-order valence-electron chi connectivity index (χ3n) is 3.93. The quantitative estimate of drug-likeness (QED) is 0.875. The number of nitrogens with zero attached hydrogens (tertiary/aromatic N) is 1. The van der Waals surface area contributed by atoms with Gasteiger partial charge in [-0.3, -0.25) is 9.78 Å². The Hall–Kier alpha value is -1.42. The van der Waals surface area contributed by atoms with Crippen molar-refractivity contribution in [1.29, 1.82) is 0 Å². The fraction of sp³-hybridized carbons (Fsp3) is 0.600. The van der Waals surface area contributed by atoms with Crippen LogP contribution in [0.1, 0.15) is 45.2 Å². The number of hydrogen-bond acceptors (Lipinski definition) is 3. The van der Waals surface area contributed by atoms with Crippen LogP contribution in [-0.2, 0) is 4.79 Å². The van der Waals surface area contributed by atoms with E-state index in [1.165, 1.54) is 0 Å². The van der Waals surface area contributed by atoms with E-state index in [4.69, 9.17) is 0 Å². The Morgan fingerprint density at radius 3 is 3.00 bits per heavy atom. The molecule has 1 amide bonds. The van der Waals surface area contributed by atoms with E-state index in [1.807, 2.05) is 19.1 Å². The number of hydrogen-bond donors (Lipinski definition) is 2. The molecule has 104 valence electrons. The van der Waals surface area contributed by atoms with Gasteiger partial charge in [0.1, 0.15) is 0 Å². The summed E-state index contributed by atoms with van der Waals surface area (Å²) in [6.07, 6.45) is 5.75. The molecule has 0 radical (unpaired) electrons. The molecule has 2 N–H and O–H groups in total. The summed E-state index contributed by atoms with van der Waals surface area (Å²) < 4.78 is 0. The van der Waals surface area contributed by atoms with Gasteiger partial charge in [-0.05, 0) is 43.4 Å². The van der Waals surface area contributed by atoms with Crippen molar-refractivity contribution < 1.29 is 4.79 Å². The second kappa shape index (κ2) is 5.70. The molecule has 1 fully saturated rings. The zero-order valence-corrected chi connectivity index (χ0v) is 11.9. The van der Waals surface area contributed by atoms with E-state index in [9.17, 15) is 4.79 Å². The van der Waals surface area contributed by atoms with Crippen LogP contribution < -0.4 is 10.6 Å². The fourth-order valence-electron chi connectivity index (χ4n) is 2.67. The first kappa shape index (κ1) is 14.0. The molecular weight excluding hydrogens is 238 g/mol. The number of nitrogens with one attached hydrogen (secondary N) is 2. The van der Waals surface area contributed by atoms with Crippen LogP contribution in [0.4, 0.5) is 0 Å². The molecule has 4 heteroatoms. The molecule has 0 spiro atoms. The van der Waals surface area contributed by atoms with Gasteiger partial charge >= 0.3 is 0 Å². The van der Waals surface area contributed by atoms with E-state index in [2.05, 4.69) is 29.5 Å². The molecule has 1 saturated heterocycles. The number of carbonyl (C=O) groups is 1. The molecule has 1 aliphatic heterocycles. The third-order valence-corrected chi connectivity index (χ3v) is 3.93. The smallest absolute Gasteiger partial charge is 0.238 e. The highest BCUT2D eigenvalue weighted by atomic mass is 16.2. The summed E-state index contributed by atoms with van der Waals surface area (Å²) >= 11 is 0. The van der Waals surface area contributed by atoms with Gasteiger partial charge in [0.25, 0.3) is 0 Å². The molecule has 0 aliphatic carbocycles. The maximum absolute atomic E-state index is 12.4. The van der Waals surface area contributed by atoms with Gasteiger partial charge in [-0.2, -0.15) is 0 Å². The molecule has 1 aliphatic rings. The highest BCUT2D eigenvalue weighted by Gasteiger charge is 2.37. The van der Waals surface area contributed by atoms with E-state index >= 15 is 0 Å². The Kier molecular flexibility index (Phi) is 4.20. The fourth-order valence-corrected chi connectivity index (χ4v) is 2.67. The van der Waals surface area contributed by atoms with Crippen molar-refractivity contribution in [2.75, 3.05) is 6.54 Å². The van der Waals surface area contributed by atoms with Crippen LogP contribution in [0.25, 0.3) is 0 Å². The Morgan fingerprint density at radius 2 is 2.37 bits per heavy atom. The lowest BCUT2D eigenvalue weighted by Crippen LogP contribution is -2.55. The summed E-state index contributed by atoms with van der Waals surface area (Å²) in [5.41, 5.74) is 1.04. The van der Waals surface area contributed by atoms with Gasteiger partial charge in [0.15, 0.2) is 0 Å². The molecule has 2 rings (SSSR count). The predicted molar refractivity (Wildman–Crippen MR) is 75.6 cm³/mol. The number of aromatic nitrogens is 1. The second-order valence-corrected chi connectivity index (χ2v) is 6.00. The van der Waals surface area contributed by atoms with Crippen LogP contribution in [0.3, 0.4) is 0 Å². The lowest BCUT2D eigenvalue weighted by molar-refractivity contribution is -0.127. The summed E-state index contributed by atoms with van der Waals surface area (Å²) in [6.45, 7) is 7.21. The molecule has 0 saturated carbocycles. The molecule has 1 aromatic heterocycles. The van der Waals surface area contributed by atoms with Gasteiger partial charge in [-0.1, -0.05) is 19.9 Å². The van der Waals surface area contributed by atoms with Crippen LogP contribution >= 0.6 is 0 Å². The number of carbonyl (C=O) groups excluding carboxylic acids is 1. The summed E-state index contributed by atoms with van der Waals surface area (Å²) in [5, 5.41) is 6.42. The Labute approximate surface area is 115 Å². The minimum absolute atomic E-state index is 0.0109. The molecular formula is C15H23N3O. The molecule has 2 atom stereocenters. The standard InChI is InChI=1S/C15H23N3O/c1-11(12-6-4-8-16-10-12)18-14(19)13-15(2,3)7-5-9-17-13/h4,6,8,10-11,13,17H,5,7,9H2,1-3H3,(H,18,19)/t11-,13?/m0/s1. The first-order chi connectivity index (χ1) is 9.00. The minimum atomic E-state index is -0.111. The van der Waals surface area contributed by atoms with Gasteiger partial charge in [-0.25, -0.2) is 0 Å². The van der Waals surface area contributed by atoms with Gasteiger partial charge < -0.3 is 10.6 Å². The maximum atomic E-state index is 12.4. The Balaban J connectivity index is 2.01. The topological polar surface area (TPSA) is 54.0 Å². The SMILES string of the molecule is C[C@H](NC(=O)C1NCCCC1(C)C)c1cccnc1. The number of pyridine rings is 1. The summed E-state index contributed by atoms with van der Waals surface area (Å²) in [6, 6.07) is 3.75. The molecule has 19 heavy (non-hydrogen) atoms. The van der Waals surface area contributed by atoms with Crippen molar-refractivity contribution in [3.8, 4) is 0 Å². The van der Waals surface area contributed by atoms with Crippen LogP contribution in [-0.4, -0.2) is 23.5 Å². The first-order valence-electron chi connectivity index (χ1n) is 6.94. The van der Waals surface area contributed by atoms with E-state index < -0.39 is 0 Å². The van der Waals surface area contributed by atoms with E-state index in [0.717, 1.165) is 24.9 Å². The van der Waals surface area contributed by atoms with Crippen molar-refractivity contribution in [3.63, 3.8) is 0 Å². The Morgan fingerprint density at radius 1 is 1.58 bits per heavy atom. The molecule has 4 nitrogen and oxygen atoms in total. The normalized spacial score (nSPS) is 23.6. The van der Waals surface area contributed by atoms with Crippen molar-refractivity contribution in [1.82, 2.24) is 15.6 Å². The molecule has 1 aromatic rings. The van der Waals surface area contributed by atoms with Gasteiger partial charge in [0.2, 0.25) is 5.91 Å². The molecule has 0 bridgehead atoms. The zero-order valence-electron chi connectivity index (χ0n) is 11.9. The lowest BCUT2D eigenvalue weighted by atomic mass is 9.77. The van der Waals surface area contributed by atoms with Gasteiger partial charge in [0.05, 0.1) is 12.1 Å². The lowest BCUT2D eigenvalue weighted by Gasteiger charge is -2.38.